The van der Waals surface area contributed by atoms with Crippen LogP contribution in [-0.4, -0.2) is 19.6 Å². The fourth-order valence-electron chi connectivity index (χ4n) is 1.48. The van der Waals surface area contributed by atoms with Gasteiger partial charge in [-0.25, -0.2) is 0 Å². The third-order valence-corrected chi connectivity index (χ3v) is 2.53. The summed E-state index contributed by atoms with van der Waals surface area (Å²) in [6, 6.07) is 5.32. The van der Waals surface area contributed by atoms with Crippen LogP contribution in [0.1, 0.15) is 21.5 Å². The molecule has 1 rings (SSSR count). The van der Waals surface area contributed by atoms with Crippen LogP contribution in [0.4, 0.5) is 0 Å². The summed E-state index contributed by atoms with van der Waals surface area (Å²) in [5.74, 6) is 0.527. The molecule has 0 saturated heterocycles. The van der Waals surface area contributed by atoms with Gasteiger partial charge in [0, 0.05) is 5.56 Å². The first kappa shape index (κ1) is 12.1. The van der Waals surface area contributed by atoms with Gasteiger partial charge >= 0.3 is 0 Å². The first-order valence-electron chi connectivity index (χ1n) is 4.91. The number of carbonyl (C=O) groups is 1. The van der Waals surface area contributed by atoms with E-state index in [2.05, 4.69) is 5.32 Å². The van der Waals surface area contributed by atoms with Crippen molar-refractivity contribution in [3.63, 3.8) is 0 Å². The van der Waals surface area contributed by atoms with E-state index >= 15 is 0 Å². The summed E-state index contributed by atoms with van der Waals surface area (Å²) in [6.07, 6.45) is 0. The number of benzene rings is 1. The second kappa shape index (κ2) is 5.17. The van der Waals surface area contributed by atoms with Gasteiger partial charge in [0.15, 0.2) is 0 Å². The van der Waals surface area contributed by atoms with Crippen LogP contribution in [-0.2, 0) is 0 Å². The number of hydrogen-bond acceptors (Lipinski definition) is 3. The monoisotopic (exact) mass is 218 g/mol. The number of nitrogens with zero attached hydrogens (tertiary/aromatic N) is 1. The molecule has 0 saturated carbocycles. The van der Waals surface area contributed by atoms with Gasteiger partial charge in [0.2, 0.25) is 0 Å². The molecule has 1 N–H and O–H groups in total. The molecule has 4 heteroatoms. The number of nitriles is 1. The molecule has 0 aromatic heterocycles. The standard InChI is InChI=1S/C12H14N2O2/c1-8-9(2)11(16-3)5-4-10(8)12(15)14-7-6-13/h4-5H,7H2,1-3H3,(H,14,15). The van der Waals surface area contributed by atoms with E-state index in [0.717, 1.165) is 16.9 Å². The zero-order chi connectivity index (χ0) is 12.1. The van der Waals surface area contributed by atoms with E-state index in [0.29, 0.717) is 5.56 Å². The van der Waals surface area contributed by atoms with Crippen LogP contribution < -0.4 is 10.1 Å². The summed E-state index contributed by atoms with van der Waals surface area (Å²) in [5.41, 5.74) is 2.38. The molecule has 0 aliphatic heterocycles. The molecule has 1 aromatic rings. The van der Waals surface area contributed by atoms with Gasteiger partial charge in [-0.3, -0.25) is 4.79 Å². The van der Waals surface area contributed by atoms with Crippen molar-refractivity contribution < 1.29 is 9.53 Å². The Labute approximate surface area is 94.8 Å². The predicted octanol–water partition coefficient (Wildman–Crippen LogP) is 1.57. The molecule has 16 heavy (non-hydrogen) atoms. The van der Waals surface area contributed by atoms with E-state index in [1.165, 1.54) is 0 Å². The lowest BCUT2D eigenvalue weighted by Crippen LogP contribution is -2.24. The minimum Gasteiger partial charge on any atom is -0.496 e. The molecule has 0 heterocycles. The van der Waals surface area contributed by atoms with Crippen LogP contribution in [0.2, 0.25) is 0 Å². The molecule has 0 atom stereocenters. The van der Waals surface area contributed by atoms with Gasteiger partial charge in [0.1, 0.15) is 12.3 Å². The number of ether oxygens (including phenoxy) is 1. The summed E-state index contributed by atoms with van der Waals surface area (Å²) < 4.78 is 5.16. The smallest absolute Gasteiger partial charge is 0.252 e. The van der Waals surface area contributed by atoms with E-state index in [1.54, 1.807) is 19.2 Å². The van der Waals surface area contributed by atoms with E-state index in [-0.39, 0.29) is 12.5 Å². The highest BCUT2D eigenvalue weighted by atomic mass is 16.5. The zero-order valence-electron chi connectivity index (χ0n) is 9.63. The molecule has 0 aliphatic carbocycles. The van der Waals surface area contributed by atoms with Crippen LogP contribution in [0, 0.1) is 25.2 Å². The maximum absolute atomic E-state index is 11.7. The highest BCUT2D eigenvalue weighted by Crippen LogP contribution is 2.23. The van der Waals surface area contributed by atoms with Gasteiger partial charge in [0.05, 0.1) is 13.2 Å². The van der Waals surface area contributed by atoms with Gasteiger partial charge in [0.25, 0.3) is 5.91 Å². The summed E-state index contributed by atoms with van der Waals surface area (Å²) in [7, 11) is 1.59. The van der Waals surface area contributed by atoms with Crippen molar-refractivity contribution in [2.45, 2.75) is 13.8 Å². The van der Waals surface area contributed by atoms with Crippen molar-refractivity contribution in [3.05, 3.63) is 28.8 Å². The Hall–Kier alpha value is -2.02. The summed E-state index contributed by atoms with van der Waals surface area (Å²) >= 11 is 0. The number of nitrogens with one attached hydrogen (secondary N) is 1. The molecule has 84 valence electrons. The van der Waals surface area contributed by atoms with Crippen LogP contribution in [0.25, 0.3) is 0 Å². The number of hydrogen-bond donors (Lipinski definition) is 1. The third-order valence-electron chi connectivity index (χ3n) is 2.53. The van der Waals surface area contributed by atoms with Crippen LogP contribution >= 0.6 is 0 Å². The minimum absolute atomic E-state index is 0.0172. The maximum atomic E-state index is 11.7. The van der Waals surface area contributed by atoms with Crippen molar-refractivity contribution in [3.8, 4) is 11.8 Å². The molecule has 0 unspecified atom stereocenters. The molecule has 0 fully saturated rings. The summed E-state index contributed by atoms with van der Waals surface area (Å²) in [4.78, 5) is 11.7. The van der Waals surface area contributed by atoms with Crippen LogP contribution in [0.5, 0.6) is 5.75 Å². The minimum atomic E-state index is -0.232. The SMILES string of the molecule is COc1ccc(C(=O)NCC#N)c(C)c1C. The molecular formula is C12H14N2O2. The number of amides is 1. The highest BCUT2D eigenvalue weighted by Gasteiger charge is 2.12. The molecule has 1 amide bonds. The Morgan fingerprint density at radius 1 is 1.44 bits per heavy atom. The van der Waals surface area contributed by atoms with Gasteiger partial charge in [-0.1, -0.05) is 0 Å². The van der Waals surface area contributed by atoms with Crippen molar-refractivity contribution in [2.24, 2.45) is 0 Å². The number of methoxy groups -OCH3 is 1. The Morgan fingerprint density at radius 3 is 2.69 bits per heavy atom. The molecule has 0 radical (unpaired) electrons. The zero-order valence-corrected chi connectivity index (χ0v) is 9.63. The van der Waals surface area contributed by atoms with E-state index in [9.17, 15) is 4.79 Å². The Kier molecular flexibility index (Phi) is 3.90. The second-order valence-corrected chi connectivity index (χ2v) is 3.41. The van der Waals surface area contributed by atoms with Crippen molar-refractivity contribution in [2.75, 3.05) is 13.7 Å². The van der Waals surface area contributed by atoms with Crippen molar-refractivity contribution >= 4 is 5.91 Å². The quantitative estimate of drug-likeness (QED) is 0.783. The molecule has 1 aromatic carbocycles. The predicted molar refractivity (Wildman–Crippen MR) is 60.4 cm³/mol. The molecule has 0 aliphatic rings. The average molecular weight is 218 g/mol. The van der Waals surface area contributed by atoms with Crippen LogP contribution in [0.3, 0.4) is 0 Å². The van der Waals surface area contributed by atoms with E-state index in [4.69, 9.17) is 10.00 Å². The van der Waals surface area contributed by atoms with Gasteiger partial charge < -0.3 is 10.1 Å². The number of rotatable bonds is 3. The average Bonchev–Trinajstić information content (AvgIpc) is 2.29. The van der Waals surface area contributed by atoms with Gasteiger partial charge in [-0.15, -0.1) is 0 Å². The first-order chi connectivity index (χ1) is 7.61. The first-order valence-corrected chi connectivity index (χ1v) is 4.91. The fraction of sp³-hybridized carbons (Fsp3) is 0.333. The topological polar surface area (TPSA) is 62.1 Å². The molecule has 0 bridgehead atoms. The Balaban J connectivity index is 3.03. The maximum Gasteiger partial charge on any atom is 0.252 e. The number of carbonyl (C=O) groups excluding carboxylic acids is 1. The largest absolute Gasteiger partial charge is 0.496 e. The lowest BCUT2D eigenvalue weighted by molar-refractivity contribution is 0.0958. The molecule has 4 nitrogen and oxygen atoms in total. The second-order valence-electron chi connectivity index (χ2n) is 3.41. The normalized spacial score (nSPS) is 9.38. The lowest BCUT2D eigenvalue weighted by Gasteiger charge is -2.11. The highest BCUT2D eigenvalue weighted by molar-refractivity contribution is 5.96. The van der Waals surface area contributed by atoms with Gasteiger partial charge in [-0.2, -0.15) is 5.26 Å². The van der Waals surface area contributed by atoms with E-state index < -0.39 is 0 Å². The lowest BCUT2D eigenvalue weighted by atomic mass is 10.0. The molecular weight excluding hydrogens is 204 g/mol. The Morgan fingerprint density at radius 2 is 2.12 bits per heavy atom. The van der Waals surface area contributed by atoms with E-state index in [1.807, 2.05) is 19.9 Å². The summed E-state index contributed by atoms with van der Waals surface area (Å²) in [5, 5.41) is 10.9. The fourth-order valence-corrected chi connectivity index (χ4v) is 1.48. The van der Waals surface area contributed by atoms with Gasteiger partial charge in [-0.05, 0) is 37.1 Å². The third kappa shape index (κ3) is 2.31. The van der Waals surface area contributed by atoms with Crippen LogP contribution in [0.15, 0.2) is 12.1 Å². The molecule has 0 spiro atoms. The Bertz CT molecular complexity index is 447. The summed E-state index contributed by atoms with van der Waals surface area (Å²) in [6.45, 7) is 3.78. The van der Waals surface area contributed by atoms with Crippen molar-refractivity contribution in [1.29, 1.82) is 5.26 Å². The van der Waals surface area contributed by atoms with Crippen molar-refractivity contribution in [1.82, 2.24) is 5.32 Å².